The summed E-state index contributed by atoms with van der Waals surface area (Å²) in [6.45, 7) is 0. The zero-order valence-electron chi connectivity index (χ0n) is 6.02. The first-order chi connectivity index (χ1) is 5.74. The molecule has 0 saturated carbocycles. The van der Waals surface area contributed by atoms with Crippen LogP contribution >= 0.6 is 0 Å². The van der Waals surface area contributed by atoms with Crippen molar-refractivity contribution in [3.05, 3.63) is 29.8 Å². The molecule has 0 radical (unpaired) electrons. The average Bonchev–Trinajstić information content (AvgIpc) is 2.04. The largest absolute Gasteiger partial charge is 0.511 e. The van der Waals surface area contributed by atoms with Gasteiger partial charge in [0.25, 0.3) is 0 Å². The van der Waals surface area contributed by atoms with Gasteiger partial charge in [0.05, 0.1) is 5.56 Å². The summed E-state index contributed by atoms with van der Waals surface area (Å²) in [7, 11) is 0. The van der Waals surface area contributed by atoms with Crippen LogP contribution in [0.25, 0.3) is 0 Å². The van der Waals surface area contributed by atoms with E-state index in [1.54, 1.807) is 12.1 Å². The minimum atomic E-state index is -1.42. The van der Waals surface area contributed by atoms with E-state index in [0.717, 1.165) is 0 Å². The Bertz CT molecular complexity index is 340. The molecule has 0 fully saturated rings. The van der Waals surface area contributed by atoms with Crippen molar-refractivity contribution in [3.63, 3.8) is 0 Å². The number of hydrogen-bond acceptors (Lipinski definition) is 3. The number of para-hydroxylation sites is 1. The number of carbonyl (C=O) groups is 1. The zero-order chi connectivity index (χ0) is 8.97. The highest BCUT2D eigenvalue weighted by Crippen LogP contribution is 2.16. The molecule has 60 valence electrons. The van der Waals surface area contributed by atoms with Gasteiger partial charge in [-0.1, -0.05) is 12.1 Å². The van der Waals surface area contributed by atoms with E-state index in [9.17, 15) is 4.79 Å². The first-order valence-electron chi connectivity index (χ1n) is 3.14. The van der Waals surface area contributed by atoms with Crippen LogP contribution in [0.1, 0.15) is 5.56 Å². The second-order valence-electron chi connectivity index (χ2n) is 1.98. The Labute approximate surface area is 68.6 Å². The monoisotopic (exact) mass is 163 g/mol. The lowest BCUT2D eigenvalue weighted by molar-refractivity contribution is 0.144. The van der Waals surface area contributed by atoms with Crippen molar-refractivity contribution < 1.29 is 14.6 Å². The molecule has 1 rings (SSSR count). The Morgan fingerprint density at radius 2 is 2.17 bits per heavy atom. The molecule has 0 spiro atoms. The summed E-state index contributed by atoms with van der Waals surface area (Å²) < 4.78 is 4.33. The molecule has 12 heavy (non-hydrogen) atoms. The van der Waals surface area contributed by atoms with Crippen molar-refractivity contribution in [2.24, 2.45) is 0 Å². The molecule has 0 aliphatic carbocycles. The first kappa shape index (κ1) is 8.08. The summed E-state index contributed by atoms with van der Waals surface area (Å²) in [6.07, 6.45) is -1.42. The predicted molar refractivity (Wildman–Crippen MR) is 39.8 cm³/mol. The maximum absolute atomic E-state index is 10.1. The van der Waals surface area contributed by atoms with E-state index < -0.39 is 6.16 Å². The molecular formula is C8H5NO3. The normalized spacial score (nSPS) is 8.58. The molecule has 0 heterocycles. The van der Waals surface area contributed by atoms with Gasteiger partial charge in [-0.25, -0.2) is 4.79 Å². The van der Waals surface area contributed by atoms with E-state index in [1.165, 1.54) is 12.1 Å². The van der Waals surface area contributed by atoms with Crippen LogP contribution in [-0.4, -0.2) is 11.3 Å². The molecule has 1 N–H and O–H groups in total. The van der Waals surface area contributed by atoms with Crippen LogP contribution in [0.4, 0.5) is 4.79 Å². The van der Waals surface area contributed by atoms with E-state index in [2.05, 4.69) is 4.74 Å². The zero-order valence-corrected chi connectivity index (χ0v) is 6.02. The van der Waals surface area contributed by atoms with Crippen molar-refractivity contribution in [2.75, 3.05) is 0 Å². The highest BCUT2D eigenvalue weighted by Gasteiger charge is 2.04. The minimum absolute atomic E-state index is 0.0625. The van der Waals surface area contributed by atoms with Gasteiger partial charge < -0.3 is 9.84 Å². The molecule has 0 aliphatic rings. The number of nitrogens with zero attached hydrogens (tertiary/aromatic N) is 1. The van der Waals surface area contributed by atoms with E-state index in [0.29, 0.717) is 0 Å². The van der Waals surface area contributed by atoms with Crippen LogP contribution in [0.15, 0.2) is 24.3 Å². The SMILES string of the molecule is N#Cc1ccccc1OC(=O)O. The van der Waals surface area contributed by atoms with E-state index in [-0.39, 0.29) is 11.3 Å². The second kappa shape index (κ2) is 3.39. The van der Waals surface area contributed by atoms with Gasteiger partial charge in [-0.2, -0.15) is 5.26 Å². The Morgan fingerprint density at radius 3 is 2.75 bits per heavy atom. The summed E-state index contributed by atoms with van der Waals surface area (Å²) in [6, 6.07) is 7.95. The Kier molecular flexibility index (Phi) is 2.29. The van der Waals surface area contributed by atoms with Crippen LogP contribution in [0.2, 0.25) is 0 Å². The van der Waals surface area contributed by atoms with E-state index in [4.69, 9.17) is 10.4 Å². The van der Waals surface area contributed by atoms with Crippen molar-refractivity contribution in [2.45, 2.75) is 0 Å². The summed E-state index contributed by atoms with van der Waals surface area (Å²) in [5.41, 5.74) is 0.208. The molecule has 0 atom stereocenters. The fourth-order valence-corrected chi connectivity index (χ4v) is 0.742. The van der Waals surface area contributed by atoms with Crippen molar-refractivity contribution in [1.29, 1.82) is 5.26 Å². The average molecular weight is 163 g/mol. The number of benzene rings is 1. The molecule has 4 heteroatoms. The molecule has 1 aromatic carbocycles. The Balaban J connectivity index is 2.99. The highest BCUT2D eigenvalue weighted by molar-refractivity contribution is 5.63. The summed E-state index contributed by atoms with van der Waals surface area (Å²) >= 11 is 0. The lowest BCUT2D eigenvalue weighted by Gasteiger charge is -1.99. The third-order valence-corrected chi connectivity index (χ3v) is 1.20. The molecule has 0 unspecified atom stereocenters. The first-order valence-corrected chi connectivity index (χ1v) is 3.14. The van der Waals surface area contributed by atoms with Crippen molar-refractivity contribution in [1.82, 2.24) is 0 Å². The maximum Gasteiger partial charge on any atom is 0.511 e. The molecule has 0 amide bonds. The molecule has 1 aromatic rings. The minimum Gasteiger partial charge on any atom is -0.449 e. The van der Waals surface area contributed by atoms with Gasteiger partial charge in [-0.05, 0) is 12.1 Å². The number of hydrogen-bond donors (Lipinski definition) is 1. The van der Waals surface area contributed by atoms with Gasteiger partial charge in [0.15, 0.2) is 5.75 Å². The van der Waals surface area contributed by atoms with E-state index in [1.807, 2.05) is 6.07 Å². The van der Waals surface area contributed by atoms with Crippen LogP contribution in [-0.2, 0) is 0 Å². The molecular weight excluding hydrogens is 158 g/mol. The van der Waals surface area contributed by atoms with Gasteiger partial charge in [0.2, 0.25) is 0 Å². The number of ether oxygens (including phenoxy) is 1. The summed E-state index contributed by atoms with van der Waals surface area (Å²) in [5.74, 6) is 0.0625. The summed E-state index contributed by atoms with van der Waals surface area (Å²) in [5, 5.41) is 16.8. The van der Waals surface area contributed by atoms with Crippen LogP contribution in [0.5, 0.6) is 5.75 Å². The molecule has 4 nitrogen and oxygen atoms in total. The third kappa shape index (κ3) is 1.73. The fraction of sp³-hybridized carbons (Fsp3) is 0. The lowest BCUT2D eigenvalue weighted by atomic mass is 10.2. The number of carboxylic acid groups (broad SMARTS) is 1. The van der Waals surface area contributed by atoms with Crippen LogP contribution in [0, 0.1) is 11.3 Å². The smallest absolute Gasteiger partial charge is 0.449 e. The van der Waals surface area contributed by atoms with Gasteiger partial charge in [-0.15, -0.1) is 0 Å². The van der Waals surface area contributed by atoms with Gasteiger partial charge in [0, 0.05) is 0 Å². The van der Waals surface area contributed by atoms with Crippen molar-refractivity contribution in [3.8, 4) is 11.8 Å². The van der Waals surface area contributed by atoms with Crippen LogP contribution < -0.4 is 4.74 Å². The molecule has 0 bridgehead atoms. The fourth-order valence-electron chi connectivity index (χ4n) is 0.742. The molecule has 0 aliphatic heterocycles. The topological polar surface area (TPSA) is 70.3 Å². The predicted octanol–water partition coefficient (Wildman–Crippen LogP) is 1.62. The molecule has 0 aromatic heterocycles. The highest BCUT2D eigenvalue weighted by atomic mass is 16.7. The quantitative estimate of drug-likeness (QED) is 0.504. The Hall–Kier alpha value is -2.02. The second-order valence-corrected chi connectivity index (χ2v) is 1.98. The molecule has 0 saturated heterocycles. The van der Waals surface area contributed by atoms with E-state index >= 15 is 0 Å². The summed E-state index contributed by atoms with van der Waals surface area (Å²) in [4.78, 5) is 10.1. The standard InChI is InChI=1S/C8H5NO3/c9-5-6-3-1-2-4-7(6)12-8(10)11/h1-4H,(H,10,11). The lowest BCUT2D eigenvalue weighted by Crippen LogP contribution is -2.03. The van der Waals surface area contributed by atoms with Gasteiger partial charge in [-0.3, -0.25) is 0 Å². The Morgan fingerprint density at radius 1 is 1.50 bits per heavy atom. The van der Waals surface area contributed by atoms with Crippen molar-refractivity contribution >= 4 is 6.16 Å². The third-order valence-electron chi connectivity index (χ3n) is 1.20. The number of nitriles is 1. The van der Waals surface area contributed by atoms with Gasteiger partial charge >= 0.3 is 6.16 Å². The van der Waals surface area contributed by atoms with Gasteiger partial charge in [0.1, 0.15) is 6.07 Å². The number of rotatable bonds is 1. The maximum atomic E-state index is 10.1. The van der Waals surface area contributed by atoms with Crippen LogP contribution in [0.3, 0.4) is 0 Å².